The third kappa shape index (κ3) is 4.85. The van der Waals surface area contributed by atoms with Gasteiger partial charge in [-0.2, -0.15) is 13.2 Å². The molecule has 8 heteroatoms. The van der Waals surface area contributed by atoms with E-state index in [9.17, 15) is 22.4 Å². The number of nitrogens with one attached hydrogen (secondary N) is 1. The van der Waals surface area contributed by atoms with E-state index >= 15 is 0 Å². The predicted molar refractivity (Wildman–Crippen MR) is 104 cm³/mol. The summed E-state index contributed by atoms with van der Waals surface area (Å²) >= 11 is 6.24. The maximum absolute atomic E-state index is 13.9. The molecule has 1 unspecified atom stereocenters. The summed E-state index contributed by atoms with van der Waals surface area (Å²) in [6.07, 6.45) is -5.24. The van der Waals surface area contributed by atoms with E-state index in [2.05, 4.69) is 10.3 Å². The molecule has 29 heavy (non-hydrogen) atoms. The highest BCUT2D eigenvalue weighted by atomic mass is 35.5. The number of nitrogens with zero attached hydrogens (tertiary/aromatic N) is 1. The van der Waals surface area contributed by atoms with E-state index in [-0.39, 0.29) is 17.6 Å². The number of benzene rings is 2. The fourth-order valence-electron chi connectivity index (χ4n) is 3.14. The lowest BCUT2D eigenvalue weighted by Crippen LogP contribution is -2.43. The Hall–Kier alpha value is -2.67. The van der Waals surface area contributed by atoms with Gasteiger partial charge in [-0.3, -0.25) is 9.78 Å². The van der Waals surface area contributed by atoms with Gasteiger partial charge in [-0.05, 0) is 24.1 Å². The van der Waals surface area contributed by atoms with Crippen molar-refractivity contribution in [3.63, 3.8) is 0 Å². The highest BCUT2D eigenvalue weighted by molar-refractivity contribution is 6.36. The second-order valence-corrected chi connectivity index (χ2v) is 7.53. The molecule has 1 N–H and O–H groups in total. The molecule has 0 saturated heterocycles. The SMILES string of the molecule is Cc1c(NC(=O)C(Cl)(Cc2ccccc2)CC(F)(F)F)cnc2c(F)cccc12. The first kappa shape index (κ1) is 21.0. The molecular weight excluding hydrogens is 408 g/mol. The lowest BCUT2D eigenvalue weighted by Gasteiger charge is -2.27. The van der Waals surface area contributed by atoms with Crippen LogP contribution in [0.3, 0.4) is 0 Å². The molecule has 1 heterocycles. The lowest BCUT2D eigenvalue weighted by atomic mass is 9.93. The third-order valence-corrected chi connectivity index (χ3v) is 5.02. The molecule has 2 aromatic carbocycles. The summed E-state index contributed by atoms with van der Waals surface area (Å²) in [5, 5.41) is 2.90. The Labute approximate surface area is 169 Å². The van der Waals surface area contributed by atoms with E-state index in [0.717, 1.165) is 0 Å². The van der Waals surface area contributed by atoms with Gasteiger partial charge in [0.2, 0.25) is 5.91 Å². The summed E-state index contributed by atoms with van der Waals surface area (Å²) in [5.74, 6) is -1.53. The zero-order valence-electron chi connectivity index (χ0n) is 15.4. The molecule has 3 rings (SSSR count). The van der Waals surface area contributed by atoms with Crippen molar-refractivity contribution in [3.8, 4) is 0 Å². The molecule has 1 amide bonds. The normalized spacial score (nSPS) is 13.9. The first-order valence-electron chi connectivity index (χ1n) is 8.74. The summed E-state index contributed by atoms with van der Waals surface area (Å²) < 4.78 is 53.4. The van der Waals surface area contributed by atoms with Crippen molar-refractivity contribution < 1.29 is 22.4 Å². The van der Waals surface area contributed by atoms with Gasteiger partial charge in [0.25, 0.3) is 0 Å². The van der Waals surface area contributed by atoms with Crippen molar-refractivity contribution in [1.29, 1.82) is 0 Å². The van der Waals surface area contributed by atoms with Crippen LogP contribution in [-0.4, -0.2) is 21.9 Å². The minimum atomic E-state index is -4.65. The first-order valence-corrected chi connectivity index (χ1v) is 9.12. The highest BCUT2D eigenvalue weighted by Gasteiger charge is 2.46. The monoisotopic (exact) mass is 424 g/mol. The smallest absolute Gasteiger partial charge is 0.323 e. The van der Waals surface area contributed by atoms with Crippen molar-refractivity contribution in [2.75, 3.05) is 5.32 Å². The van der Waals surface area contributed by atoms with Crippen LogP contribution in [0, 0.1) is 12.7 Å². The Morgan fingerprint density at radius 2 is 1.79 bits per heavy atom. The first-order chi connectivity index (χ1) is 13.6. The number of carbonyl (C=O) groups is 1. The molecule has 0 aliphatic heterocycles. The van der Waals surface area contributed by atoms with Crippen LogP contribution >= 0.6 is 11.6 Å². The number of para-hydroxylation sites is 1. The van der Waals surface area contributed by atoms with Gasteiger partial charge in [0.15, 0.2) is 0 Å². The second-order valence-electron chi connectivity index (χ2n) is 6.81. The summed E-state index contributed by atoms with van der Waals surface area (Å²) in [7, 11) is 0. The minimum Gasteiger partial charge on any atom is -0.323 e. The van der Waals surface area contributed by atoms with Crippen LogP contribution in [0.1, 0.15) is 17.5 Å². The van der Waals surface area contributed by atoms with Gasteiger partial charge in [0.1, 0.15) is 16.2 Å². The number of amides is 1. The summed E-state index contributed by atoms with van der Waals surface area (Å²) in [6, 6.07) is 12.6. The van der Waals surface area contributed by atoms with E-state index in [0.29, 0.717) is 16.5 Å². The van der Waals surface area contributed by atoms with E-state index in [1.807, 2.05) is 0 Å². The van der Waals surface area contributed by atoms with Gasteiger partial charge in [0, 0.05) is 11.8 Å². The molecule has 1 aromatic heterocycles. The van der Waals surface area contributed by atoms with Crippen LogP contribution in [0.2, 0.25) is 0 Å². The van der Waals surface area contributed by atoms with E-state index in [1.165, 1.54) is 18.3 Å². The van der Waals surface area contributed by atoms with Gasteiger partial charge in [-0.1, -0.05) is 42.5 Å². The van der Waals surface area contributed by atoms with Gasteiger partial charge >= 0.3 is 6.18 Å². The van der Waals surface area contributed by atoms with Crippen LogP contribution in [-0.2, 0) is 11.2 Å². The van der Waals surface area contributed by atoms with Gasteiger partial charge in [-0.25, -0.2) is 4.39 Å². The summed E-state index contributed by atoms with van der Waals surface area (Å²) in [5.41, 5.74) is 1.26. The highest BCUT2D eigenvalue weighted by Crippen LogP contribution is 2.36. The number of aryl methyl sites for hydroxylation is 1. The summed E-state index contributed by atoms with van der Waals surface area (Å²) in [4.78, 5) is 14.6. The molecule has 3 nitrogen and oxygen atoms in total. The quantitative estimate of drug-likeness (QED) is 0.416. The number of aromatic nitrogens is 1. The number of fused-ring (bicyclic) bond motifs is 1. The zero-order valence-corrected chi connectivity index (χ0v) is 16.1. The fourth-order valence-corrected chi connectivity index (χ4v) is 3.49. The topological polar surface area (TPSA) is 42.0 Å². The van der Waals surface area contributed by atoms with Crippen LogP contribution in [0.25, 0.3) is 10.9 Å². The Bertz CT molecular complexity index is 1040. The molecular formula is C21H17ClF4N2O. The molecule has 3 aromatic rings. The Balaban J connectivity index is 1.94. The number of anilines is 1. The largest absolute Gasteiger partial charge is 0.391 e. The molecule has 1 atom stereocenters. The Kier molecular flexibility index (Phi) is 5.80. The molecule has 0 fully saturated rings. The molecule has 0 bridgehead atoms. The molecule has 0 aliphatic carbocycles. The number of hydrogen-bond acceptors (Lipinski definition) is 2. The van der Waals surface area contributed by atoms with Crippen molar-refractivity contribution in [1.82, 2.24) is 4.98 Å². The number of hydrogen-bond donors (Lipinski definition) is 1. The Morgan fingerprint density at radius 1 is 1.10 bits per heavy atom. The number of pyridine rings is 1. The van der Waals surface area contributed by atoms with Gasteiger partial charge in [0.05, 0.1) is 18.3 Å². The average molecular weight is 425 g/mol. The predicted octanol–water partition coefficient (Wildman–Crippen LogP) is 5.79. The molecule has 152 valence electrons. The lowest BCUT2D eigenvalue weighted by molar-refractivity contribution is -0.148. The Morgan fingerprint density at radius 3 is 2.45 bits per heavy atom. The van der Waals surface area contributed by atoms with Gasteiger partial charge in [-0.15, -0.1) is 11.6 Å². The fraction of sp³-hybridized carbons (Fsp3) is 0.238. The van der Waals surface area contributed by atoms with Crippen molar-refractivity contribution >= 4 is 34.1 Å². The van der Waals surface area contributed by atoms with Crippen molar-refractivity contribution in [2.45, 2.75) is 30.8 Å². The van der Waals surface area contributed by atoms with Crippen LogP contribution in [0.15, 0.2) is 54.7 Å². The average Bonchev–Trinajstić information content (AvgIpc) is 2.63. The van der Waals surface area contributed by atoms with E-state index in [1.54, 1.807) is 43.3 Å². The number of carbonyl (C=O) groups excluding carboxylic acids is 1. The summed E-state index contributed by atoms with van der Waals surface area (Å²) in [6.45, 7) is 1.62. The maximum atomic E-state index is 13.9. The number of rotatable bonds is 5. The number of alkyl halides is 4. The van der Waals surface area contributed by atoms with Crippen LogP contribution in [0.5, 0.6) is 0 Å². The molecule has 0 radical (unpaired) electrons. The zero-order chi connectivity index (χ0) is 21.2. The molecule has 0 aliphatic rings. The maximum Gasteiger partial charge on any atom is 0.391 e. The van der Waals surface area contributed by atoms with Crippen LogP contribution < -0.4 is 5.32 Å². The number of halogens is 5. The molecule has 0 saturated carbocycles. The standard InChI is InChI=1S/C21H17ClF4N2O/c1-13-15-8-5-9-16(23)18(15)27-11-17(13)28-19(29)20(22,12-21(24,25)26)10-14-6-3-2-4-7-14/h2-9,11H,10,12H2,1H3,(H,28,29). The third-order valence-electron chi connectivity index (χ3n) is 4.58. The van der Waals surface area contributed by atoms with E-state index < -0.39 is 29.2 Å². The molecule has 0 spiro atoms. The van der Waals surface area contributed by atoms with Gasteiger partial charge < -0.3 is 5.32 Å². The van der Waals surface area contributed by atoms with Crippen molar-refractivity contribution in [3.05, 3.63) is 71.7 Å². The van der Waals surface area contributed by atoms with E-state index in [4.69, 9.17) is 11.6 Å². The minimum absolute atomic E-state index is 0.111. The van der Waals surface area contributed by atoms with Crippen LogP contribution in [0.4, 0.5) is 23.2 Å². The van der Waals surface area contributed by atoms with Crippen molar-refractivity contribution in [2.24, 2.45) is 0 Å². The second kappa shape index (κ2) is 7.99.